The van der Waals surface area contributed by atoms with Gasteiger partial charge in [0, 0.05) is 6.54 Å². The van der Waals surface area contributed by atoms with Gasteiger partial charge in [0.25, 0.3) is 0 Å². The van der Waals surface area contributed by atoms with Crippen molar-refractivity contribution in [2.75, 3.05) is 6.54 Å². The van der Waals surface area contributed by atoms with Crippen LogP contribution in [0.15, 0.2) is 17.0 Å². The lowest BCUT2D eigenvalue weighted by molar-refractivity contribution is 0.491. The van der Waals surface area contributed by atoms with Crippen LogP contribution >= 0.6 is 0 Å². The Balaban J connectivity index is 2.19. The summed E-state index contributed by atoms with van der Waals surface area (Å²) in [5.41, 5.74) is 0.896. The van der Waals surface area contributed by atoms with E-state index in [0.29, 0.717) is 29.5 Å². The molecule has 1 atom stereocenters. The van der Waals surface area contributed by atoms with Gasteiger partial charge in [-0.3, -0.25) is 0 Å². The molecular formula is C14H20FNO2S. The van der Waals surface area contributed by atoms with Crippen LogP contribution in [0.4, 0.5) is 4.39 Å². The van der Waals surface area contributed by atoms with Crippen molar-refractivity contribution >= 4 is 10.0 Å². The molecule has 1 aromatic carbocycles. The number of sulfonamides is 1. The fourth-order valence-electron chi connectivity index (χ4n) is 2.47. The molecule has 1 aliphatic rings. The summed E-state index contributed by atoms with van der Waals surface area (Å²) in [6.45, 7) is 5.75. The predicted octanol–water partition coefficient (Wildman–Crippen LogP) is 2.77. The van der Waals surface area contributed by atoms with Crippen molar-refractivity contribution in [3.8, 4) is 0 Å². The van der Waals surface area contributed by atoms with Crippen molar-refractivity contribution < 1.29 is 12.8 Å². The summed E-state index contributed by atoms with van der Waals surface area (Å²) in [7, 11) is -3.56. The van der Waals surface area contributed by atoms with Crippen LogP contribution in [0.5, 0.6) is 0 Å². The fourth-order valence-corrected chi connectivity index (χ4v) is 4.06. The van der Waals surface area contributed by atoms with Crippen LogP contribution in [0, 0.1) is 31.5 Å². The molecule has 0 aromatic heterocycles. The number of nitrogens with one attached hydrogen (secondary N) is 1. The Morgan fingerprint density at radius 1 is 1.32 bits per heavy atom. The van der Waals surface area contributed by atoms with E-state index in [2.05, 4.69) is 11.6 Å². The highest BCUT2D eigenvalue weighted by molar-refractivity contribution is 7.89. The van der Waals surface area contributed by atoms with Gasteiger partial charge < -0.3 is 0 Å². The highest BCUT2D eigenvalue weighted by atomic mass is 32.2. The number of rotatable bonds is 5. The molecule has 1 fully saturated rings. The summed E-state index contributed by atoms with van der Waals surface area (Å²) in [6, 6.07) is 2.51. The standard InChI is InChI=1S/C14H20FNO2S/c1-9-6-13(15)7-10(2)14(9)19(17,18)16-8-11(3)12-4-5-12/h6-7,11-12,16H,4-5,8H2,1-3H3. The fraction of sp³-hybridized carbons (Fsp3) is 0.571. The minimum Gasteiger partial charge on any atom is -0.211 e. The molecule has 0 spiro atoms. The molecule has 0 radical (unpaired) electrons. The van der Waals surface area contributed by atoms with Crippen molar-refractivity contribution in [1.29, 1.82) is 0 Å². The second kappa shape index (κ2) is 5.21. The van der Waals surface area contributed by atoms with Crippen LogP contribution < -0.4 is 4.72 Å². The molecule has 106 valence electrons. The predicted molar refractivity (Wildman–Crippen MR) is 73.0 cm³/mol. The zero-order chi connectivity index (χ0) is 14.2. The Hall–Kier alpha value is -0.940. The van der Waals surface area contributed by atoms with E-state index in [1.54, 1.807) is 13.8 Å². The van der Waals surface area contributed by atoms with Crippen molar-refractivity contribution in [2.45, 2.75) is 38.5 Å². The normalized spacial score (nSPS) is 17.5. The van der Waals surface area contributed by atoms with Gasteiger partial charge in [-0.25, -0.2) is 17.5 Å². The Morgan fingerprint density at radius 2 is 1.84 bits per heavy atom. The second-order valence-electron chi connectivity index (χ2n) is 5.54. The van der Waals surface area contributed by atoms with E-state index in [9.17, 15) is 12.8 Å². The molecule has 1 aromatic rings. The molecule has 3 nitrogen and oxygen atoms in total. The van der Waals surface area contributed by atoms with Gasteiger partial charge in [0.1, 0.15) is 5.82 Å². The van der Waals surface area contributed by atoms with Crippen molar-refractivity contribution in [3.05, 3.63) is 29.1 Å². The zero-order valence-electron chi connectivity index (χ0n) is 11.5. The van der Waals surface area contributed by atoms with Crippen LogP contribution in [-0.2, 0) is 10.0 Å². The van der Waals surface area contributed by atoms with Crippen LogP contribution in [0.25, 0.3) is 0 Å². The first-order valence-electron chi connectivity index (χ1n) is 6.57. The average molecular weight is 285 g/mol. The monoisotopic (exact) mass is 285 g/mol. The average Bonchev–Trinajstić information content (AvgIpc) is 3.07. The lowest BCUT2D eigenvalue weighted by Crippen LogP contribution is -2.30. The van der Waals surface area contributed by atoms with Gasteiger partial charge in [-0.05, 0) is 61.8 Å². The summed E-state index contributed by atoms with van der Waals surface area (Å²) < 4.78 is 40.5. The van der Waals surface area contributed by atoms with E-state index in [0.717, 1.165) is 0 Å². The Bertz CT molecular complexity index is 556. The molecule has 0 bridgehead atoms. The van der Waals surface area contributed by atoms with E-state index < -0.39 is 15.8 Å². The maximum atomic E-state index is 13.2. The van der Waals surface area contributed by atoms with Crippen LogP contribution in [0.3, 0.4) is 0 Å². The van der Waals surface area contributed by atoms with Gasteiger partial charge in [-0.15, -0.1) is 0 Å². The summed E-state index contributed by atoms with van der Waals surface area (Å²) in [5.74, 6) is 0.606. The second-order valence-corrected chi connectivity index (χ2v) is 7.24. The lowest BCUT2D eigenvalue weighted by atomic mass is 10.1. The third-order valence-electron chi connectivity index (χ3n) is 3.72. The highest BCUT2D eigenvalue weighted by Gasteiger charge is 2.29. The zero-order valence-corrected chi connectivity index (χ0v) is 12.3. The Labute approximate surface area is 114 Å². The molecule has 19 heavy (non-hydrogen) atoms. The summed E-state index contributed by atoms with van der Waals surface area (Å²) >= 11 is 0. The first kappa shape index (κ1) is 14.5. The molecule has 1 aliphatic carbocycles. The van der Waals surface area contributed by atoms with E-state index in [-0.39, 0.29) is 4.90 Å². The van der Waals surface area contributed by atoms with E-state index in [1.165, 1.54) is 25.0 Å². The largest absolute Gasteiger partial charge is 0.241 e. The summed E-state index contributed by atoms with van der Waals surface area (Å²) in [5, 5.41) is 0. The molecule has 1 unspecified atom stereocenters. The maximum absolute atomic E-state index is 13.2. The third-order valence-corrected chi connectivity index (χ3v) is 5.44. The molecule has 0 amide bonds. The molecule has 2 rings (SSSR count). The van der Waals surface area contributed by atoms with Gasteiger partial charge in [-0.2, -0.15) is 0 Å². The number of benzene rings is 1. The van der Waals surface area contributed by atoms with Crippen molar-refractivity contribution in [1.82, 2.24) is 4.72 Å². The summed E-state index contributed by atoms with van der Waals surface area (Å²) in [4.78, 5) is 0.205. The van der Waals surface area contributed by atoms with Crippen LogP contribution in [0.1, 0.15) is 30.9 Å². The number of hydrogen-bond donors (Lipinski definition) is 1. The van der Waals surface area contributed by atoms with E-state index in [1.807, 2.05) is 0 Å². The SMILES string of the molecule is Cc1cc(F)cc(C)c1S(=O)(=O)NCC(C)C1CC1. The molecule has 5 heteroatoms. The minimum absolute atomic E-state index is 0.205. The number of halogens is 1. The molecule has 0 saturated heterocycles. The van der Waals surface area contributed by atoms with Gasteiger partial charge in [0.2, 0.25) is 10.0 Å². The number of aryl methyl sites for hydroxylation is 2. The lowest BCUT2D eigenvalue weighted by Gasteiger charge is -2.15. The molecule has 1 saturated carbocycles. The van der Waals surface area contributed by atoms with E-state index in [4.69, 9.17) is 0 Å². The molecule has 1 N–H and O–H groups in total. The quantitative estimate of drug-likeness (QED) is 0.904. The van der Waals surface area contributed by atoms with Gasteiger partial charge in [0.15, 0.2) is 0 Å². The first-order valence-corrected chi connectivity index (χ1v) is 8.06. The van der Waals surface area contributed by atoms with Gasteiger partial charge in [-0.1, -0.05) is 6.92 Å². The highest BCUT2D eigenvalue weighted by Crippen LogP contribution is 2.36. The van der Waals surface area contributed by atoms with Crippen LogP contribution in [0.2, 0.25) is 0 Å². The molecular weight excluding hydrogens is 265 g/mol. The number of hydrogen-bond acceptors (Lipinski definition) is 2. The van der Waals surface area contributed by atoms with Crippen LogP contribution in [-0.4, -0.2) is 15.0 Å². The third kappa shape index (κ3) is 3.34. The van der Waals surface area contributed by atoms with Crippen molar-refractivity contribution in [3.63, 3.8) is 0 Å². The Kier molecular flexibility index (Phi) is 3.97. The van der Waals surface area contributed by atoms with Gasteiger partial charge >= 0.3 is 0 Å². The minimum atomic E-state index is -3.56. The summed E-state index contributed by atoms with van der Waals surface area (Å²) in [6.07, 6.45) is 2.38. The smallest absolute Gasteiger partial charge is 0.211 e. The Morgan fingerprint density at radius 3 is 2.32 bits per heavy atom. The molecule has 0 aliphatic heterocycles. The molecule has 0 heterocycles. The van der Waals surface area contributed by atoms with Crippen molar-refractivity contribution in [2.24, 2.45) is 11.8 Å². The topological polar surface area (TPSA) is 46.2 Å². The van der Waals surface area contributed by atoms with E-state index >= 15 is 0 Å². The first-order chi connectivity index (χ1) is 8.81. The van der Waals surface area contributed by atoms with Gasteiger partial charge in [0.05, 0.1) is 4.90 Å². The maximum Gasteiger partial charge on any atom is 0.241 e.